The van der Waals surface area contributed by atoms with Crippen LogP contribution in [-0.4, -0.2) is 41.6 Å². The van der Waals surface area contributed by atoms with Gasteiger partial charge in [0.15, 0.2) is 0 Å². The molecule has 17 heavy (non-hydrogen) atoms. The van der Waals surface area contributed by atoms with E-state index in [2.05, 4.69) is 21.2 Å². The fraction of sp³-hybridized carbons (Fsp3) is 0.833. The SMILES string of the molecule is COCCC(=O)N1C(C)[CH]NC(C2CC2)C1Br. The summed E-state index contributed by atoms with van der Waals surface area (Å²) in [5.41, 5.74) is 0. The van der Waals surface area contributed by atoms with E-state index < -0.39 is 0 Å². The summed E-state index contributed by atoms with van der Waals surface area (Å²) in [7, 11) is 1.62. The molecule has 1 amide bonds. The summed E-state index contributed by atoms with van der Waals surface area (Å²) in [6.07, 6.45) is 2.98. The van der Waals surface area contributed by atoms with E-state index in [9.17, 15) is 4.79 Å². The summed E-state index contributed by atoms with van der Waals surface area (Å²) < 4.78 is 4.97. The maximum atomic E-state index is 12.1. The van der Waals surface area contributed by atoms with Gasteiger partial charge in [0.25, 0.3) is 0 Å². The first-order valence-corrected chi connectivity index (χ1v) is 7.10. The predicted molar refractivity (Wildman–Crippen MR) is 69.5 cm³/mol. The third-order valence-corrected chi connectivity index (χ3v) is 4.48. The van der Waals surface area contributed by atoms with Gasteiger partial charge in [0, 0.05) is 25.7 Å². The van der Waals surface area contributed by atoms with Gasteiger partial charge in [0.2, 0.25) is 5.91 Å². The van der Waals surface area contributed by atoms with Crippen LogP contribution in [0.3, 0.4) is 0 Å². The van der Waals surface area contributed by atoms with E-state index in [0.717, 1.165) is 0 Å². The van der Waals surface area contributed by atoms with Gasteiger partial charge >= 0.3 is 0 Å². The first-order valence-electron chi connectivity index (χ1n) is 6.18. The van der Waals surface area contributed by atoms with Gasteiger partial charge < -0.3 is 15.0 Å². The second-order valence-electron chi connectivity index (χ2n) is 4.85. The zero-order valence-electron chi connectivity index (χ0n) is 10.4. The average Bonchev–Trinajstić information content (AvgIpc) is 3.10. The quantitative estimate of drug-likeness (QED) is 0.632. The van der Waals surface area contributed by atoms with E-state index in [1.54, 1.807) is 7.11 Å². The standard InChI is InChI=1S/C12H20BrN2O2/c1-8-7-14-11(9-3-4-9)12(13)15(8)10(16)5-6-17-2/h7-9,11-12,14H,3-6H2,1-2H3. The minimum Gasteiger partial charge on any atom is -0.384 e. The number of nitrogens with one attached hydrogen (secondary N) is 1. The molecular formula is C12H20BrN2O2. The molecule has 2 fully saturated rings. The van der Waals surface area contributed by atoms with Crippen molar-refractivity contribution in [2.24, 2.45) is 5.92 Å². The molecule has 1 N–H and O–H groups in total. The summed E-state index contributed by atoms with van der Waals surface area (Å²) in [4.78, 5) is 14.2. The molecule has 1 saturated heterocycles. The number of nitrogens with zero attached hydrogens (tertiary/aromatic N) is 1. The van der Waals surface area contributed by atoms with Crippen LogP contribution in [0, 0.1) is 12.5 Å². The monoisotopic (exact) mass is 303 g/mol. The van der Waals surface area contributed by atoms with Crippen LogP contribution >= 0.6 is 15.9 Å². The number of hydrogen-bond donors (Lipinski definition) is 1. The molecule has 1 aliphatic heterocycles. The summed E-state index contributed by atoms with van der Waals surface area (Å²) in [5, 5.41) is 3.42. The molecule has 0 aromatic carbocycles. The fourth-order valence-electron chi connectivity index (χ4n) is 2.31. The Morgan fingerprint density at radius 2 is 2.29 bits per heavy atom. The highest BCUT2D eigenvalue weighted by atomic mass is 79.9. The normalized spacial score (nSPS) is 33.8. The number of carbonyl (C=O) groups is 1. The Balaban J connectivity index is 1.98. The highest BCUT2D eigenvalue weighted by Gasteiger charge is 2.43. The molecule has 3 unspecified atom stereocenters. The summed E-state index contributed by atoms with van der Waals surface area (Å²) in [5.74, 6) is 0.866. The van der Waals surface area contributed by atoms with E-state index in [1.807, 2.05) is 18.4 Å². The highest BCUT2D eigenvalue weighted by Crippen LogP contribution is 2.39. The molecule has 1 aliphatic carbocycles. The Morgan fingerprint density at radius 3 is 2.88 bits per heavy atom. The average molecular weight is 304 g/mol. The van der Waals surface area contributed by atoms with Crippen molar-refractivity contribution < 1.29 is 9.53 Å². The number of rotatable bonds is 4. The molecule has 1 heterocycles. The van der Waals surface area contributed by atoms with Gasteiger partial charge in [-0.2, -0.15) is 0 Å². The van der Waals surface area contributed by atoms with Crippen LogP contribution in [0.4, 0.5) is 0 Å². The minimum absolute atomic E-state index is 0.0966. The lowest BCUT2D eigenvalue weighted by Crippen LogP contribution is -2.59. The van der Waals surface area contributed by atoms with Crippen LogP contribution in [0.25, 0.3) is 0 Å². The third kappa shape index (κ3) is 3.01. The predicted octanol–water partition coefficient (Wildman–Crippen LogP) is 1.50. The molecule has 0 aromatic heterocycles. The van der Waals surface area contributed by atoms with Gasteiger partial charge in [-0.3, -0.25) is 4.79 Å². The Kier molecular flexibility index (Phi) is 4.44. The minimum atomic E-state index is 0.0966. The third-order valence-electron chi connectivity index (χ3n) is 3.47. The van der Waals surface area contributed by atoms with Crippen molar-refractivity contribution >= 4 is 21.8 Å². The number of carbonyl (C=O) groups excluding carboxylic acids is 1. The van der Waals surface area contributed by atoms with Gasteiger partial charge in [0.05, 0.1) is 13.0 Å². The smallest absolute Gasteiger partial charge is 0.226 e. The van der Waals surface area contributed by atoms with Crippen molar-refractivity contribution in [3.63, 3.8) is 0 Å². The van der Waals surface area contributed by atoms with Crippen LogP contribution in [0.15, 0.2) is 0 Å². The van der Waals surface area contributed by atoms with Crippen LogP contribution in [-0.2, 0) is 9.53 Å². The number of methoxy groups -OCH3 is 1. The van der Waals surface area contributed by atoms with Crippen molar-refractivity contribution in [3.8, 4) is 0 Å². The second-order valence-corrected chi connectivity index (χ2v) is 5.79. The molecule has 5 heteroatoms. The lowest BCUT2D eigenvalue weighted by atomic mass is 10.1. The Labute approximate surface area is 111 Å². The lowest BCUT2D eigenvalue weighted by Gasteiger charge is -2.43. The van der Waals surface area contributed by atoms with Crippen LogP contribution in [0.5, 0.6) is 0 Å². The molecule has 1 radical (unpaired) electrons. The summed E-state index contributed by atoms with van der Waals surface area (Å²) in [6.45, 7) is 4.56. The van der Waals surface area contributed by atoms with Gasteiger partial charge in [0.1, 0.15) is 4.95 Å². The van der Waals surface area contributed by atoms with Gasteiger partial charge in [-0.1, -0.05) is 15.9 Å². The van der Waals surface area contributed by atoms with E-state index in [4.69, 9.17) is 4.74 Å². The second kappa shape index (κ2) is 5.67. The first-order chi connectivity index (χ1) is 8.15. The maximum Gasteiger partial charge on any atom is 0.226 e. The molecule has 3 atom stereocenters. The van der Waals surface area contributed by atoms with Gasteiger partial charge in [-0.25, -0.2) is 0 Å². The van der Waals surface area contributed by atoms with Crippen molar-refractivity contribution in [1.29, 1.82) is 0 Å². The molecule has 0 spiro atoms. The van der Waals surface area contributed by atoms with Gasteiger partial charge in [-0.05, 0) is 25.7 Å². The number of hydrogen-bond acceptors (Lipinski definition) is 3. The van der Waals surface area contributed by atoms with Crippen molar-refractivity contribution in [3.05, 3.63) is 6.54 Å². The highest BCUT2D eigenvalue weighted by molar-refractivity contribution is 9.09. The van der Waals surface area contributed by atoms with E-state index in [1.165, 1.54) is 12.8 Å². The van der Waals surface area contributed by atoms with E-state index in [0.29, 0.717) is 25.0 Å². The number of amides is 1. The fourth-order valence-corrected chi connectivity index (χ4v) is 3.49. The van der Waals surface area contributed by atoms with Gasteiger partial charge in [-0.15, -0.1) is 0 Å². The molecular weight excluding hydrogens is 284 g/mol. The van der Waals surface area contributed by atoms with E-state index in [-0.39, 0.29) is 16.9 Å². The Hall–Kier alpha value is -0.130. The molecule has 0 bridgehead atoms. The van der Waals surface area contributed by atoms with E-state index >= 15 is 0 Å². The largest absolute Gasteiger partial charge is 0.384 e. The first kappa shape index (κ1) is 13.3. The summed E-state index contributed by atoms with van der Waals surface area (Å²) in [6, 6.07) is 0.483. The number of ether oxygens (including phenoxy) is 1. The number of alkyl halides is 1. The number of halogens is 1. The van der Waals surface area contributed by atoms with Crippen molar-refractivity contribution in [1.82, 2.24) is 10.2 Å². The molecule has 97 valence electrons. The zero-order valence-corrected chi connectivity index (χ0v) is 11.9. The van der Waals surface area contributed by atoms with Crippen LogP contribution in [0.2, 0.25) is 0 Å². The molecule has 2 rings (SSSR count). The molecule has 2 aliphatic rings. The topological polar surface area (TPSA) is 41.6 Å². The van der Waals surface area contributed by atoms with Crippen molar-refractivity contribution in [2.75, 3.05) is 13.7 Å². The van der Waals surface area contributed by atoms with Crippen LogP contribution < -0.4 is 5.32 Å². The lowest BCUT2D eigenvalue weighted by molar-refractivity contribution is -0.135. The molecule has 4 nitrogen and oxygen atoms in total. The number of piperazine rings is 1. The molecule has 0 aromatic rings. The van der Waals surface area contributed by atoms with Crippen LogP contribution in [0.1, 0.15) is 26.2 Å². The summed E-state index contributed by atoms with van der Waals surface area (Å²) >= 11 is 3.68. The maximum absolute atomic E-state index is 12.1. The Bertz CT molecular complexity index is 284. The van der Waals surface area contributed by atoms with Crippen molar-refractivity contribution in [2.45, 2.75) is 43.2 Å². The zero-order chi connectivity index (χ0) is 12.4. The molecule has 1 saturated carbocycles. The Morgan fingerprint density at radius 1 is 1.59 bits per heavy atom.